The third kappa shape index (κ3) is 2.77. The first-order valence-corrected chi connectivity index (χ1v) is 7.75. The molecule has 1 heterocycles. The summed E-state index contributed by atoms with van der Waals surface area (Å²) in [6.45, 7) is 11.4. The van der Waals surface area contributed by atoms with E-state index in [1.54, 1.807) is 0 Å². The lowest BCUT2D eigenvalue weighted by atomic mass is 9.72. The van der Waals surface area contributed by atoms with Gasteiger partial charge in [-0.1, -0.05) is 23.8 Å². The molecule has 3 atom stereocenters. The molecule has 0 radical (unpaired) electrons. The van der Waals surface area contributed by atoms with E-state index in [1.807, 2.05) is 12.1 Å². The van der Waals surface area contributed by atoms with E-state index in [9.17, 15) is 5.11 Å². The van der Waals surface area contributed by atoms with Gasteiger partial charge in [0.25, 0.3) is 0 Å². The molecule has 21 heavy (non-hydrogen) atoms. The van der Waals surface area contributed by atoms with Gasteiger partial charge in [-0.25, -0.2) is 0 Å². The van der Waals surface area contributed by atoms with Crippen molar-refractivity contribution in [2.24, 2.45) is 5.92 Å². The molecule has 112 valence electrons. The monoisotopic (exact) mass is 284 g/mol. The lowest BCUT2D eigenvalue weighted by Crippen LogP contribution is -2.19. The number of ether oxygens (including phenoxy) is 1. The summed E-state index contributed by atoms with van der Waals surface area (Å²) < 4.78 is 5.50. The molecule has 1 saturated heterocycles. The van der Waals surface area contributed by atoms with Gasteiger partial charge in [-0.3, -0.25) is 0 Å². The molecule has 2 aliphatic rings. The van der Waals surface area contributed by atoms with Gasteiger partial charge < -0.3 is 9.84 Å². The Balaban J connectivity index is 2.13. The second-order valence-electron chi connectivity index (χ2n) is 6.62. The van der Waals surface area contributed by atoms with Crippen LogP contribution >= 0.6 is 0 Å². The maximum atomic E-state index is 9.93. The second kappa shape index (κ2) is 5.34. The Kier molecular flexibility index (Phi) is 3.66. The number of phenolic OH excluding ortho intramolecular Hbond substituents is 1. The van der Waals surface area contributed by atoms with Gasteiger partial charge in [-0.05, 0) is 68.4 Å². The highest BCUT2D eigenvalue weighted by Crippen LogP contribution is 2.46. The standard InChI is InChI=1S/C19H24O2/c1-11(2)15-6-5-12(3)7-16(15)19-13(4)8-14(20)9-17(19)18-10-21-18/h7-9,15-16,18,20H,1,5-6,10H2,2-4H3. The minimum absolute atomic E-state index is 0.159. The Morgan fingerprint density at radius 2 is 2.05 bits per heavy atom. The molecule has 3 rings (SSSR count). The minimum atomic E-state index is 0.159. The Morgan fingerprint density at radius 3 is 2.67 bits per heavy atom. The summed E-state index contributed by atoms with van der Waals surface area (Å²) in [5.41, 5.74) is 6.35. The van der Waals surface area contributed by atoms with Crippen LogP contribution in [0.4, 0.5) is 0 Å². The van der Waals surface area contributed by atoms with Crippen molar-refractivity contribution in [1.29, 1.82) is 0 Å². The largest absolute Gasteiger partial charge is 0.508 e. The first-order chi connectivity index (χ1) is 9.97. The Morgan fingerprint density at radius 1 is 1.33 bits per heavy atom. The Labute approximate surface area is 127 Å². The van der Waals surface area contributed by atoms with Gasteiger partial charge in [-0.2, -0.15) is 0 Å². The smallest absolute Gasteiger partial charge is 0.116 e. The van der Waals surface area contributed by atoms with Gasteiger partial charge in [0.1, 0.15) is 11.9 Å². The van der Waals surface area contributed by atoms with Gasteiger partial charge in [0.05, 0.1) is 6.61 Å². The lowest BCUT2D eigenvalue weighted by Gasteiger charge is -2.33. The molecule has 2 heteroatoms. The number of phenols is 1. The molecule has 1 aromatic rings. The van der Waals surface area contributed by atoms with Crippen molar-refractivity contribution in [2.75, 3.05) is 6.61 Å². The molecule has 0 amide bonds. The van der Waals surface area contributed by atoms with Crippen LogP contribution in [0.15, 0.2) is 35.9 Å². The number of aromatic hydroxyl groups is 1. The molecule has 1 fully saturated rings. The van der Waals surface area contributed by atoms with Crippen molar-refractivity contribution in [3.05, 3.63) is 52.6 Å². The van der Waals surface area contributed by atoms with Gasteiger partial charge >= 0.3 is 0 Å². The first kappa shape index (κ1) is 14.4. The van der Waals surface area contributed by atoms with Crippen LogP contribution in [0.5, 0.6) is 5.75 Å². The van der Waals surface area contributed by atoms with Crippen molar-refractivity contribution in [2.45, 2.75) is 45.6 Å². The van der Waals surface area contributed by atoms with Crippen LogP contribution in [-0.2, 0) is 4.74 Å². The summed E-state index contributed by atoms with van der Waals surface area (Å²) >= 11 is 0. The predicted octanol–water partition coefficient (Wildman–Crippen LogP) is 4.79. The number of aryl methyl sites for hydroxylation is 1. The van der Waals surface area contributed by atoms with Crippen LogP contribution in [-0.4, -0.2) is 11.7 Å². The molecule has 0 spiro atoms. The molecule has 2 nitrogen and oxygen atoms in total. The van der Waals surface area contributed by atoms with Crippen LogP contribution in [0.2, 0.25) is 0 Å². The highest BCUT2D eigenvalue weighted by molar-refractivity contribution is 5.48. The molecule has 0 bridgehead atoms. The van der Waals surface area contributed by atoms with E-state index in [1.165, 1.54) is 16.7 Å². The normalized spacial score (nSPS) is 28.1. The lowest BCUT2D eigenvalue weighted by molar-refractivity contribution is 0.407. The molecule has 3 unspecified atom stereocenters. The van der Waals surface area contributed by atoms with E-state index < -0.39 is 0 Å². The average molecular weight is 284 g/mol. The van der Waals surface area contributed by atoms with Crippen LogP contribution in [0.3, 0.4) is 0 Å². The van der Waals surface area contributed by atoms with Crippen molar-refractivity contribution in [1.82, 2.24) is 0 Å². The molecular formula is C19H24O2. The zero-order chi connectivity index (χ0) is 15.1. The fraction of sp³-hybridized carbons (Fsp3) is 0.474. The maximum absolute atomic E-state index is 9.93. The fourth-order valence-corrected chi connectivity index (χ4v) is 3.66. The molecule has 0 saturated carbocycles. The quantitative estimate of drug-likeness (QED) is 0.639. The van der Waals surface area contributed by atoms with Crippen LogP contribution in [0.1, 0.15) is 55.4 Å². The number of benzene rings is 1. The summed E-state index contributed by atoms with van der Waals surface area (Å²) in [6, 6.07) is 3.75. The summed E-state index contributed by atoms with van der Waals surface area (Å²) in [5, 5.41) is 9.93. The van der Waals surface area contributed by atoms with E-state index in [0.717, 1.165) is 30.6 Å². The van der Waals surface area contributed by atoms with E-state index in [2.05, 4.69) is 33.4 Å². The minimum Gasteiger partial charge on any atom is -0.508 e. The van der Waals surface area contributed by atoms with Crippen LogP contribution < -0.4 is 0 Å². The summed E-state index contributed by atoms with van der Waals surface area (Å²) in [7, 11) is 0. The van der Waals surface area contributed by atoms with Crippen molar-refractivity contribution in [3.63, 3.8) is 0 Å². The molecule has 1 N–H and O–H groups in total. The predicted molar refractivity (Wildman–Crippen MR) is 85.6 cm³/mol. The van der Waals surface area contributed by atoms with Crippen LogP contribution in [0, 0.1) is 12.8 Å². The number of epoxide rings is 1. The Hall–Kier alpha value is -1.54. The third-order valence-corrected chi connectivity index (χ3v) is 4.80. The zero-order valence-corrected chi connectivity index (χ0v) is 13.1. The first-order valence-electron chi connectivity index (χ1n) is 7.75. The number of allylic oxidation sites excluding steroid dienone is 3. The second-order valence-corrected chi connectivity index (χ2v) is 6.62. The van der Waals surface area contributed by atoms with Crippen molar-refractivity contribution in [3.8, 4) is 5.75 Å². The molecule has 1 aliphatic carbocycles. The van der Waals surface area contributed by atoms with E-state index in [0.29, 0.717) is 17.6 Å². The van der Waals surface area contributed by atoms with Gasteiger partial charge in [0.15, 0.2) is 0 Å². The third-order valence-electron chi connectivity index (χ3n) is 4.80. The summed E-state index contributed by atoms with van der Waals surface area (Å²) in [5.74, 6) is 1.18. The Bertz CT molecular complexity index is 608. The number of hydrogen-bond acceptors (Lipinski definition) is 2. The van der Waals surface area contributed by atoms with E-state index in [4.69, 9.17) is 4.74 Å². The van der Waals surface area contributed by atoms with Gasteiger partial charge in [-0.15, -0.1) is 0 Å². The zero-order valence-electron chi connectivity index (χ0n) is 13.1. The average Bonchev–Trinajstić information content (AvgIpc) is 3.21. The fourth-order valence-electron chi connectivity index (χ4n) is 3.66. The summed E-state index contributed by atoms with van der Waals surface area (Å²) in [6.07, 6.45) is 4.87. The number of rotatable bonds is 3. The highest BCUT2D eigenvalue weighted by Gasteiger charge is 2.34. The number of hydrogen-bond donors (Lipinski definition) is 1. The SMILES string of the molecule is C=C(C)C1CCC(C)=CC1c1c(C)cc(O)cc1C1CO1. The summed E-state index contributed by atoms with van der Waals surface area (Å²) in [4.78, 5) is 0. The van der Waals surface area contributed by atoms with E-state index in [-0.39, 0.29) is 6.10 Å². The van der Waals surface area contributed by atoms with Crippen molar-refractivity contribution >= 4 is 0 Å². The molecule has 1 aromatic carbocycles. The molecular weight excluding hydrogens is 260 g/mol. The highest BCUT2D eigenvalue weighted by atomic mass is 16.6. The van der Waals surface area contributed by atoms with Crippen molar-refractivity contribution < 1.29 is 9.84 Å². The van der Waals surface area contributed by atoms with Crippen LogP contribution in [0.25, 0.3) is 0 Å². The van der Waals surface area contributed by atoms with Gasteiger partial charge in [0.2, 0.25) is 0 Å². The molecule has 0 aromatic heterocycles. The maximum Gasteiger partial charge on any atom is 0.116 e. The topological polar surface area (TPSA) is 32.8 Å². The van der Waals surface area contributed by atoms with Gasteiger partial charge in [0, 0.05) is 5.92 Å². The molecule has 1 aliphatic heterocycles. The van der Waals surface area contributed by atoms with E-state index >= 15 is 0 Å².